The standard InChI is InChI=1S/C16H30N2O/c1-12-6-13(2)8-14(7-12)17-9-16-10-18-5-3-4-15(18)11-19-16/h12-17H,3-11H2,1-2H3. The Bertz CT molecular complexity index is 286. The third kappa shape index (κ3) is 3.50. The van der Waals surface area contributed by atoms with Gasteiger partial charge in [-0.2, -0.15) is 0 Å². The van der Waals surface area contributed by atoms with Crippen LogP contribution in [0, 0.1) is 11.8 Å². The van der Waals surface area contributed by atoms with Crippen molar-refractivity contribution in [1.29, 1.82) is 0 Å². The number of rotatable bonds is 3. The van der Waals surface area contributed by atoms with Crippen LogP contribution in [0.25, 0.3) is 0 Å². The highest BCUT2D eigenvalue weighted by Crippen LogP contribution is 2.28. The van der Waals surface area contributed by atoms with Gasteiger partial charge < -0.3 is 10.1 Å². The van der Waals surface area contributed by atoms with Gasteiger partial charge >= 0.3 is 0 Å². The number of nitrogens with zero attached hydrogens (tertiary/aromatic N) is 1. The molecule has 0 bridgehead atoms. The van der Waals surface area contributed by atoms with E-state index in [2.05, 4.69) is 24.1 Å². The molecule has 2 saturated heterocycles. The molecule has 3 aliphatic rings. The molecular formula is C16H30N2O. The van der Waals surface area contributed by atoms with Crippen molar-refractivity contribution < 1.29 is 4.74 Å². The van der Waals surface area contributed by atoms with Gasteiger partial charge in [0.05, 0.1) is 12.7 Å². The highest BCUT2D eigenvalue weighted by Gasteiger charge is 2.32. The summed E-state index contributed by atoms with van der Waals surface area (Å²) in [6.45, 7) is 9.25. The summed E-state index contributed by atoms with van der Waals surface area (Å²) in [5, 5.41) is 3.78. The van der Waals surface area contributed by atoms with E-state index < -0.39 is 0 Å². The van der Waals surface area contributed by atoms with Crippen molar-refractivity contribution >= 4 is 0 Å². The summed E-state index contributed by atoms with van der Waals surface area (Å²) < 4.78 is 6.03. The molecule has 4 unspecified atom stereocenters. The molecule has 0 aromatic rings. The van der Waals surface area contributed by atoms with E-state index in [0.29, 0.717) is 6.10 Å². The van der Waals surface area contributed by atoms with Crippen LogP contribution in [-0.2, 0) is 4.74 Å². The summed E-state index contributed by atoms with van der Waals surface area (Å²) in [5.41, 5.74) is 0. The number of fused-ring (bicyclic) bond motifs is 1. The molecule has 19 heavy (non-hydrogen) atoms. The average Bonchev–Trinajstić information content (AvgIpc) is 2.82. The lowest BCUT2D eigenvalue weighted by atomic mass is 9.80. The lowest BCUT2D eigenvalue weighted by Crippen LogP contribution is -2.51. The summed E-state index contributed by atoms with van der Waals surface area (Å²) in [4.78, 5) is 2.64. The maximum absolute atomic E-state index is 6.03. The van der Waals surface area contributed by atoms with Gasteiger partial charge in [-0.1, -0.05) is 13.8 Å². The van der Waals surface area contributed by atoms with Crippen LogP contribution in [0.5, 0.6) is 0 Å². The lowest BCUT2D eigenvalue weighted by molar-refractivity contribution is -0.0486. The molecule has 0 aromatic carbocycles. The second-order valence-corrected chi connectivity index (χ2v) is 7.27. The van der Waals surface area contributed by atoms with Crippen molar-refractivity contribution in [3.05, 3.63) is 0 Å². The molecule has 2 heterocycles. The first-order valence-corrected chi connectivity index (χ1v) is 8.29. The average molecular weight is 266 g/mol. The molecule has 1 aliphatic carbocycles. The molecular weight excluding hydrogens is 236 g/mol. The fourth-order valence-corrected chi connectivity index (χ4v) is 4.42. The largest absolute Gasteiger partial charge is 0.374 e. The minimum atomic E-state index is 0.418. The zero-order valence-corrected chi connectivity index (χ0v) is 12.6. The molecule has 2 aliphatic heterocycles. The molecule has 3 fully saturated rings. The van der Waals surface area contributed by atoms with Crippen molar-refractivity contribution in [1.82, 2.24) is 10.2 Å². The van der Waals surface area contributed by atoms with Crippen LogP contribution >= 0.6 is 0 Å². The fraction of sp³-hybridized carbons (Fsp3) is 1.00. The molecule has 0 amide bonds. The molecule has 0 aromatic heterocycles. The number of hydrogen-bond donors (Lipinski definition) is 1. The third-order valence-electron chi connectivity index (χ3n) is 5.27. The van der Waals surface area contributed by atoms with E-state index in [0.717, 1.165) is 43.6 Å². The van der Waals surface area contributed by atoms with Gasteiger partial charge in [0.2, 0.25) is 0 Å². The minimum Gasteiger partial charge on any atom is -0.374 e. The second kappa shape index (κ2) is 6.11. The second-order valence-electron chi connectivity index (χ2n) is 7.27. The summed E-state index contributed by atoms with van der Waals surface area (Å²) in [5.74, 6) is 1.77. The van der Waals surface area contributed by atoms with E-state index in [1.807, 2.05) is 0 Å². The Morgan fingerprint density at radius 2 is 1.95 bits per heavy atom. The summed E-state index contributed by atoms with van der Waals surface area (Å²) >= 11 is 0. The number of nitrogens with one attached hydrogen (secondary N) is 1. The predicted octanol–water partition coefficient (Wildman–Crippen LogP) is 2.26. The maximum Gasteiger partial charge on any atom is 0.0827 e. The van der Waals surface area contributed by atoms with Gasteiger partial charge in [-0.15, -0.1) is 0 Å². The van der Waals surface area contributed by atoms with Crippen molar-refractivity contribution in [3.8, 4) is 0 Å². The fourth-order valence-electron chi connectivity index (χ4n) is 4.42. The van der Waals surface area contributed by atoms with E-state index in [1.54, 1.807) is 0 Å². The summed E-state index contributed by atoms with van der Waals surface area (Å²) in [6.07, 6.45) is 7.24. The summed E-state index contributed by atoms with van der Waals surface area (Å²) in [6, 6.07) is 1.45. The molecule has 0 radical (unpaired) electrons. The highest BCUT2D eigenvalue weighted by molar-refractivity contribution is 4.87. The molecule has 4 atom stereocenters. The Kier molecular flexibility index (Phi) is 4.45. The smallest absolute Gasteiger partial charge is 0.0827 e. The molecule has 3 heteroatoms. The van der Waals surface area contributed by atoms with Crippen LogP contribution in [0.2, 0.25) is 0 Å². The monoisotopic (exact) mass is 266 g/mol. The van der Waals surface area contributed by atoms with Crippen LogP contribution < -0.4 is 5.32 Å². The van der Waals surface area contributed by atoms with Crippen molar-refractivity contribution in [2.24, 2.45) is 11.8 Å². The maximum atomic E-state index is 6.03. The molecule has 3 rings (SSSR count). The van der Waals surface area contributed by atoms with Gasteiger partial charge in [0, 0.05) is 25.2 Å². The van der Waals surface area contributed by atoms with Gasteiger partial charge in [-0.25, -0.2) is 0 Å². The van der Waals surface area contributed by atoms with Crippen LogP contribution in [0.3, 0.4) is 0 Å². The quantitative estimate of drug-likeness (QED) is 0.848. The predicted molar refractivity (Wildman–Crippen MR) is 78.3 cm³/mol. The van der Waals surface area contributed by atoms with Gasteiger partial charge in [0.15, 0.2) is 0 Å². The minimum absolute atomic E-state index is 0.418. The molecule has 1 N–H and O–H groups in total. The van der Waals surface area contributed by atoms with Crippen LogP contribution in [0.4, 0.5) is 0 Å². The number of morpholine rings is 1. The third-order valence-corrected chi connectivity index (χ3v) is 5.27. The van der Waals surface area contributed by atoms with E-state index in [4.69, 9.17) is 4.74 Å². The SMILES string of the molecule is CC1CC(C)CC(NCC2CN3CCCC3CO2)C1. The van der Waals surface area contributed by atoms with Crippen molar-refractivity contribution in [3.63, 3.8) is 0 Å². The Morgan fingerprint density at radius 3 is 2.74 bits per heavy atom. The van der Waals surface area contributed by atoms with Gasteiger partial charge in [0.1, 0.15) is 0 Å². The summed E-state index contributed by atoms with van der Waals surface area (Å²) in [7, 11) is 0. The topological polar surface area (TPSA) is 24.5 Å². The Labute approximate surface area is 118 Å². The Balaban J connectivity index is 1.42. The van der Waals surface area contributed by atoms with Gasteiger partial charge in [-0.3, -0.25) is 4.90 Å². The van der Waals surface area contributed by atoms with Gasteiger partial charge in [-0.05, 0) is 50.5 Å². The van der Waals surface area contributed by atoms with Crippen LogP contribution in [0.15, 0.2) is 0 Å². The zero-order chi connectivity index (χ0) is 13.2. The van der Waals surface area contributed by atoms with Crippen LogP contribution in [0.1, 0.15) is 46.0 Å². The first-order chi connectivity index (χ1) is 9.20. The van der Waals surface area contributed by atoms with E-state index in [1.165, 1.54) is 38.6 Å². The van der Waals surface area contributed by atoms with Crippen molar-refractivity contribution in [2.45, 2.75) is 64.1 Å². The molecule has 3 nitrogen and oxygen atoms in total. The van der Waals surface area contributed by atoms with Gasteiger partial charge in [0.25, 0.3) is 0 Å². The van der Waals surface area contributed by atoms with Crippen LogP contribution in [-0.4, -0.2) is 49.3 Å². The number of ether oxygens (including phenoxy) is 1. The van der Waals surface area contributed by atoms with E-state index in [9.17, 15) is 0 Å². The van der Waals surface area contributed by atoms with E-state index >= 15 is 0 Å². The first kappa shape index (κ1) is 13.8. The van der Waals surface area contributed by atoms with Crippen molar-refractivity contribution in [2.75, 3.05) is 26.2 Å². The number of hydrogen-bond acceptors (Lipinski definition) is 3. The molecule has 1 saturated carbocycles. The highest BCUT2D eigenvalue weighted by atomic mass is 16.5. The molecule has 0 spiro atoms. The normalized spacial score (nSPS) is 44.2. The Morgan fingerprint density at radius 1 is 1.16 bits per heavy atom. The Hall–Kier alpha value is -0.120. The first-order valence-electron chi connectivity index (χ1n) is 8.29. The molecule has 110 valence electrons. The lowest BCUT2D eigenvalue weighted by Gasteiger charge is -2.37. The van der Waals surface area contributed by atoms with E-state index in [-0.39, 0.29) is 0 Å². The zero-order valence-electron chi connectivity index (χ0n) is 12.6.